The Hall–Kier alpha value is -3.60. The standard InChI is InChI=1S/C12H19N.C6H3N3O7/c1-4-13(5-2)11(3)12-9-7-6-8-10-12;10-6-4(8(13)14)1-3(7(11)12)2-5(6)9(15)16/h6-11H,4-5H2,1-3H3;1-2,10H. The number of phenolic OH excluding ortho intramolecular Hbond substituents is 1. The van der Waals surface area contributed by atoms with Gasteiger partial charge >= 0.3 is 11.4 Å². The molecule has 0 spiro atoms. The summed E-state index contributed by atoms with van der Waals surface area (Å²) in [5, 5.41) is 40.2. The van der Waals surface area contributed by atoms with Gasteiger partial charge < -0.3 is 5.11 Å². The van der Waals surface area contributed by atoms with Gasteiger partial charge in [0.2, 0.25) is 0 Å². The highest BCUT2D eigenvalue weighted by Crippen LogP contribution is 2.38. The third kappa shape index (κ3) is 6.21. The molecule has 2 rings (SSSR count). The summed E-state index contributed by atoms with van der Waals surface area (Å²) in [6.45, 7) is 8.92. The number of rotatable bonds is 7. The number of non-ortho nitro benzene ring substituents is 1. The van der Waals surface area contributed by atoms with E-state index in [2.05, 4.69) is 56.0 Å². The van der Waals surface area contributed by atoms with Crippen LogP contribution in [0.25, 0.3) is 0 Å². The van der Waals surface area contributed by atoms with Crippen molar-refractivity contribution in [3.63, 3.8) is 0 Å². The average molecular weight is 406 g/mol. The molecule has 2 aromatic carbocycles. The van der Waals surface area contributed by atoms with Gasteiger partial charge in [0.15, 0.2) is 0 Å². The number of benzene rings is 2. The van der Waals surface area contributed by atoms with E-state index in [1.807, 2.05) is 0 Å². The molecule has 1 atom stereocenters. The predicted molar refractivity (Wildman–Crippen MR) is 106 cm³/mol. The van der Waals surface area contributed by atoms with E-state index < -0.39 is 37.6 Å². The first-order chi connectivity index (χ1) is 13.6. The van der Waals surface area contributed by atoms with E-state index in [1.54, 1.807) is 0 Å². The summed E-state index contributed by atoms with van der Waals surface area (Å²) in [6, 6.07) is 12.1. The fourth-order valence-corrected chi connectivity index (χ4v) is 2.69. The summed E-state index contributed by atoms with van der Waals surface area (Å²) in [4.78, 5) is 30.2. The molecular weight excluding hydrogens is 384 g/mol. The number of nitro benzene ring substituents is 3. The largest absolute Gasteiger partial charge is 0.497 e. The first-order valence-corrected chi connectivity index (χ1v) is 8.73. The van der Waals surface area contributed by atoms with Gasteiger partial charge in [-0.1, -0.05) is 44.2 Å². The van der Waals surface area contributed by atoms with Gasteiger partial charge in [-0.2, -0.15) is 0 Å². The highest BCUT2D eigenvalue weighted by Gasteiger charge is 2.30. The number of hydrogen-bond donors (Lipinski definition) is 1. The van der Waals surface area contributed by atoms with Crippen LogP contribution in [0.3, 0.4) is 0 Å². The van der Waals surface area contributed by atoms with Gasteiger partial charge in [0.05, 0.1) is 26.9 Å². The zero-order valence-corrected chi connectivity index (χ0v) is 16.2. The first kappa shape index (κ1) is 23.4. The van der Waals surface area contributed by atoms with E-state index in [4.69, 9.17) is 5.11 Å². The molecule has 0 saturated carbocycles. The second-order valence-electron chi connectivity index (χ2n) is 5.91. The van der Waals surface area contributed by atoms with Crippen molar-refractivity contribution in [3.05, 3.63) is 78.4 Å². The van der Waals surface area contributed by atoms with Crippen LogP contribution in [0.1, 0.15) is 32.4 Å². The molecule has 11 nitrogen and oxygen atoms in total. The third-order valence-electron chi connectivity index (χ3n) is 4.30. The second-order valence-corrected chi connectivity index (χ2v) is 5.91. The molecule has 0 radical (unpaired) electrons. The van der Waals surface area contributed by atoms with Crippen molar-refractivity contribution in [1.82, 2.24) is 4.90 Å². The Morgan fingerprint density at radius 2 is 1.34 bits per heavy atom. The van der Waals surface area contributed by atoms with Gasteiger partial charge in [-0.05, 0) is 25.6 Å². The maximum absolute atomic E-state index is 10.4. The average Bonchev–Trinajstić information content (AvgIpc) is 2.69. The van der Waals surface area contributed by atoms with Gasteiger partial charge in [0, 0.05) is 6.04 Å². The lowest BCUT2D eigenvalue weighted by atomic mass is 10.1. The van der Waals surface area contributed by atoms with E-state index in [0.29, 0.717) is 18.2 Å². The molecule has 0 saturated heterocycles. The molecule has 0 aliphatic carbocycles. The Balaban J connectivity index is 0.000000296. The quantitative estimate of drug-likeness (QED) is 0.530. The summed E-state index contributed by atoms with van der Waals surface area (Å²) < 4.78 is 0. The second kappa shape index (κ2) is 10.7. The van der Waals surface area contributed by atoms with Crippen LogP contribution in [-0.4, -0.2) is 37.9 Å². The Morgan fingerprint density at radius 3 is 1.69 bits per heavy atom. The summed E-state index contributed by atoms with van der Waals surface area (Å²) >= 11 is 0. The monoisotopic (exact) mass is 406 g/mol. The van der Waals surface area contributed by atoms with E-state index in [9.17, 15) is 30.3 Å². The molecule has 0 heterocycles. The Morgan fingerprint density at radius 1 is 0.897 bits per heavy atom. The number of nitro groups is 3. The van der Waals surface area contributed by atoms with E-state index >= 15 is 0 Å². The molecular formula is C18H22N4O7. The Bertz CT molecular complexity index is 835. The van der Waals surface area contributed by atoms with E-state index in [-0.39, 0.29) is 0 Å². The number of hydrogen-bond acceptors (Lipinski definition) is 8. The van der Waals surface area contributed by atoms with Crippen LogP contribution in [0.5, 0.6) is 5.75 Å². The normalized spacial score (nSPS) is 11.3. The molecule has 1 unspecified atom stereocenters. The lowest BCUT2D eigenvalue weighted by Gasteiger charge is -2.26. The summed E-state index contributed by atoms with van der Waals surface area (Å²) in [5.74, 6) is -1.21. The molecule has 0 aliphatic rings. The number of phenols is 1. The van der Waals surface area contributed by atoms with Crippen LogP contribution in [0.4, 0.5) is 17.1 Å². The van der Waals surface area contributed by atoms with Crippen LogP contribution in [0, 0.1) is 30.3 Å². The molecule has 11 heteroatoms. The maximum atomic E-state index is 10.4. The molecule has 0 bridgehead atoms. The van der Waals surface area contributed by atoms with Crippen molar-refractivity contribution in [2.24, 2.45) is 0 Å². The summed E-state index contributed by atoms with van der Waals surface area (Å²) in [5.41, 5.74) is -1.59. The molecule has 1 N–H and O–H groups in total. The van der Waals surface area contributed by atoms with Crippen molar-refractivity contribution >= 4 is 17.1 Å². The van der Waals surface area contributed by atoms with Crippen molar-refractivity contribution in [3.8, 4) is 5.75 Å². The minimum absolute atomic E-state index is 0.447. The van der Waals surface area contributed by atoms with Gasteiger partial charge in [-0.3, -0.25) is 35.2 Å². The number of aromatic hydroxyl groups is 1. The van der Waals surface area contributed by atoms with Crippen molar-refractivity contribution < 1.29 is 19.9 Å². The van der Waals surface area contributed by atoms with Gasteiger partial charge in [-0.25, -0.2) is 0 Å². The fraction of sp³-hybridized carbons (Fsp3) is 0.333. The molecule has 0 fully saturated rings. The Labute approximate surface area is 166 Å². The van der Waals surface area contributed by atoms with Crippen molar-refractivity contribution in [2.45, 2.75) is 26.8 Å². The lowest BCUT2D eigenvalue weighted by molar-refractivity contribution is -0.404. The third-order valence-corrected chi connectivity index (χ3v) is 4.30. The lowest BCUT2D eigenvalue weighted by Crippen LogP contribution is -2.26. The highest BCUT2D eigenvalue weighted by atomic mass is 16.6. The fourth-order valence-electron chi connectivity index (χ4n) is 2.69. The minimum Gasteiger partial charge on any atom is -0.497 e. The molecule has 0 aliphatic heterocycles. The van der Waals surface area contributed by atoms with Gasteiger partial charge in [0.1, 0.15) is 0 Å². The smallest absolute Gasteiger partial charge is 0.324 e. The molecule has 156 valence electrons. The van der Waals surface area contributed by atoms with Crippen molar-refractivity contribution in [1.29, 1.82) is 0 Å². The molecule has 2 aromatic rings. The maximum Gasteiger partial charge on any atom is 0.324 e. The Kier molecular flexibility index (Phi) is 8.62. The summed E-state index contributed by atoms with van der Waals surface area (Å²) in [7, 11) is 0. The highest BCUT2D eigenvalue weighted by molar-refractivity contribution is 5.64. The van der Waals surface area contributed by atoms with Crippen LogP contribution in [0.2, 0.25) is 0 Å². The molecule has 29 heavy (non-hydrogen) atoms. The SMILES string of the molecule is CCN(CC)C(C)c1ccccc1.O=[N+]([O-])c1cc([N+](=O)[O-])c(O)c([N+](=O)[O-])c1. The van der Waals surface area contributed by atoms with Crippen LogP contribution in [0.15, 0.2) is 42.5 Å². The van der Waals surface area contributed by atoms with Crippen LogP contribution >= 0.6 is 0 Å². The van der Waals surface area contributed by atoms with E-state index in [0.717, 1.165) is 13.1 Å². The van der Waals surface area contributed by atoms with Crippen LogP contribution < -0.4 is 0 Å². The van der Waals surface area contributed by atoms with Gasteiger partial charge in [-0.15, -0.1) is 0 Å². The zero-order chi connectivity index (χ0) is 22.1. The zero-order valence-electron chi connectivity index (χ0n) is 16.2. The number of nitrogens with zero attached hydrogens (tertiary/aromatic N) is 4. The minimum atomic E-state index is -1.21. The summed E-state index contributed by atoms with van der Waals surface area (Å²) in [6.07, 6.45) is 0. The van der Waals surface area contributed by atoms with Crippen LogP contribution in [-0.2, 0) is 0 Å². The van der Waals surface area contributed by atoms with Gasteiger partial charge in [0.25, 0.3) is 11.4 Å². The topological polar surface area (TPSA) is 153 Å². The van der Waals surface area contributed by atoms with Crippen molar-refractivity contribution in [2.75, 3.05) is 13.1 Å². The predicted octanol–water partition coefficient (Wildman–Crippen LogP) is 4.21. The molecule has 0 amide bonds. The molecule has 0 aromatic heterocycles. The van der Waals surface area contributed by atoms with E-state index in [1.165, 1.54) is 5.56 Å². The first-order valence-electron chi connectivity index (χ1n) is 8.73.